The Hall–Kier alpha value is -1.76. The van der Waals surface area contributed by atoms with Crippen molar-refractivity contribution in [2.45, 2.75) is 38.8 Å². The second-order valence-corrected chi connectivity index (χ2v) is 10.2. The predicted octanol–water partition coefficient (Wildman–Crippen LogP) is 3.54. The number of unbranched alkanes of at least 4 members (excludes halogenated alkanes) is 2. The van der Waals surface area contributed by atoms with Gasteiger partial charge in [0.05, 0.1) is 28.2 Å². The Labute approximate surface area is 173 Å². The molecule has 0 spiro atoms. The Morgan fingerprint density at radius 1 is 1.00 bits per heavy atom. The van der Waals surface area contributed by atoms with Crippen molar-refractivity contribution in [3.63, 3.8) is 0 Å². The summed E-state index contributed by atoms with van der Waals surface area (Å²) >= 11 is 0. The Bertz CT molecular complexity index is 1070. The quantitative estimate of drug-likeness (QED) is 0.324. The van der Waals surface area contributed by atoms with Gasteiger partial charge >= 0.3 is 6.18 Å². The van der Waals surface area contributed by atoms with E-state index in [4.69, 9.17) is 9.11 Å². The zero-order valence-electron chi connectivity index (χ0n) is 16.2. The maximum Gasteiger partial charge on any atom is 0.416 e. The third-order valence-corrected chi connectivity index (χ3v) is 6.30. The summed E-state index contributed by atoms with van der Waals surface area (Å²) in [5.74, 6) is -0.858. The van der Waals surface area contributed by atoms with E-state index in [2.05, 4.69) is 0 Å². The molecule has 0 radical (unpaired) electrons. The summed E-state index contributed by atoms with van der Waals surface area (Å²) in [5, 5.41) is 0. The first-order valence-electron chi connectivity index (χ1n) is 9.12. The van der Waals surface area contributed by atoms with Gasteiger partial charge in [0.2, 0.25) is 5.69 Å². The summed E-state index contributed by atoms with van der Waals surface area (Å²) in [4.78, 5) is 0. The van der Waals surface area contributed by atoms with Crippen LogP contribution in [0.1, 0.15) is 43.7 Å². The van der Waals surface area contributed by atoms with Crippen molar-refractivity contribution in [2.75, 3.05) is 18.1 Å². The van der Waals surface area contributed by atoms with Gasteiger partial charge in [-0.3, -0.25) is 9.11 Å². The van der Waals surface area contributed by atoms with Crippen LogP contribution < -0.4 is 0 Å². The summed E-state index contributed by atoms with van der Waals surface area (Å²) in [6.45, 7) is 2.05. The summed E-state index contributed by atoms with van der Waals surface area (Å²) in [7, 11) is -8.21. The van der Waals surface area contributed by atoms with Gasteiger partial charge in [-0.15, -0.1) is 0 Å². The third-order valence-electron chi connectivity index (χ3n) is 4.69. The molecule has 30 heavy (non-hydrogen) atoms. The molecule has 7 nitrogen and oxygen atoms in total. The molecule has 2 rings (SSSR count). The summed E-state index contributed by atoms with van der Waals surface area (Å²) < 4.78 is 102. The Kier molecular flexibility index (Phi) is 7.49. The zero-order chi connectivity index (χ0) is 22.7. The van der Waals surface area contributed by atoms with Gasteiger partial charge < -0.3 is 0 Å². The molecule has 2 N–H and O–H groups in total. The first kappa shape index (κ1) is 24.5. The van der Waals surface area contributed by atoms with E-state index in [-0.39, 0.29) is 19.3 Å². The standard InChI is InChI=1S/C18H22F3NO6S2/c1-13-15(6-2-4-10-29(23,24)25)16-12-14(18(19,20)21)7-8-17(16)22(13)9-3-5-11-30(26,27)28/h6-8,12H,2-5,9-11H2,1H3,(H-,23,24,25,26,27,28)/p+1/b15-6+. The highest BCUT2D eigenvalue weighted by Gasteiger charge is 2.36. The molecule has 168 valence electrons. The van der Waals surface area contributed by atoms with Gasteiger partial charge in [-0.2, -0.15) is 34.6 Å². The van der Waals surface area contributed by atoms with Gasteiger partial charge in [0.15, 0.2) is 5.71 Å². The minimum Gasteiger partial charge on any atom is -0.286 e. The van der Waals surface area contributed by atoms with Crippen LogP contribution in [0.15, 0.2) is 24.3 Å². The van der Waals surface area contributed by atoms with E-state index in [0.29, 0.717) is 35.5 Å². The Morgan fingerprint density at radius 2 is 1.60 bits per heavy atom. The van der Waals surface area contributed by atoms with Crippen molar-refractivity contribution in [3.05, 3.63) is 35.4 Å². The molecule has 0 fully saturated rings. The number of fused-ring (bicyclic) bond motifs is 1. The van der Waals surface area contributed by atoms with Crippen LogP contribution in [0.25, 0.3) is 5.57 Å². The van der Waals surface area contributed by atoms with Crippen LogP contribution in [0, 0.1) is 0 Å². The summed E-state index contributed by atoms with van der Waals surface area (Å²) in [6, 6.07) is 3.35. The first-order chi connectivity index (χ1) is 13.7. The molecule has 0 aliphatic carbocycles. The smallest absolute Gasteiger partial charge is 0.286 e. The van der Waals surface area contributed by atoms with E-state index in [1.54, 1.807) is 17.6 Å². The van der Waals surface area contributed by atoms with Gasteiger partial charge in [0, 0.05) is 19.4 Å². The monoisotopic (exact) mass is 470 g/mol. The van der Waals surface area contributed by atoms with E-state index < -0.39 is 43.5 Å². The number of allylic oxidation sites excluding steroid dienone is 2. The second-order valence-electron chi connectivity index (χ2n) is 7.01. The van der Waals surface area contributed by atoms with Crippen LogP contribution in [0.5, 0.6) is 0 Å². The van der Waals surface area contributed by atoms with Crippen molar-refractivity contribution in [1.82, 2.24) is 0 Å². The van der Waals surface area contributed by atoms with Crippen LogP contribution in [-0.2, 0) is 26.4 Å². The number of hydrogen-bond acceptors (Lipinski definition) is 4. The zero-order valence-corrected chi connectivity index (χ0v) is 17.8. The predicted molar refractivity (Wildman–Crippen MR) is 106 cm³/mol. The SMILES string of the molecule is CC1=[N+](CCCCS(=O)(=O)O)c2ccc(C(F)(F)F)cc2/C1=C/CCCS(=O)(=O)O. The van der Waals surface area contributed by atoms with Crippen LogP contribution in [0.2, 0.25) is 0 Å². The molecule has 0 saturated carbocycles. The van der Waals surface area contributed by atoms with Gasteiger partial charge in [-0.1, -0.05) is 6.08 Å². The van der Waals surface area contributed by atoms with Gasteiger partial charge in [0.1, 0.15) is 6.54 Å². The van der Waals surface area contributed by atoms with E-state index in [1.807, 2.05) is 0 Å². The minimum atomic E-state index is -4.53. The van der Waals surface area contributed by atoms with Crippen LogP contribution in [0.4, 0.5) is 18.9 Å². The number of halogens is 3. The van der Waals surface area contributed by atoms with Gasteiger partial charge in [0.25, 0.3) is 20.2 Å². The molecule has 0 saturated heterocycles. The van der Waals surface area contributed by atoms with E-state index in [1.165, 1.54) is 6.07 Å². The number of hydrogen-bond donors (Lipinski definition) is 2. The molecular formula is C18H23F3NO6S2+. The number of rotatable bonds is 9. The lowest BCUT2D eigenvalue weighted by Crippen LogP contribution is -2.13. The highest BCUT2D eigenvalue weighted by atomic mass is 32.2. The minimum absolute atomic E-state index is 0.109. The third kappa shape index (κ3) is 6.89. The van der Waals surface area contributed by atoms with E-state index >= 15 is 0 Å². The number of benzene rings is 1. The maximum atomic E-state index is 13.2. The lowest BCUT2D eigenvalue weighted by atomic mass is 9.99. The molecule has 0 bridgehead atoms. The maximum absolute atomic E-state index is 13.2. The Balaban J connectivity index is 2.31. The normalized spacial score (nSPS) is 16.4. The lowest BCUT2D eigenvalue weighted by Gasteiger charge is -2.08. The molecule has 12 heteroatoms. The van der Waals surface area contributed by atoms with Gasteiger partial charge in [-0.05, 0) is 31.4 Å². The average Bonchev–Trinajstić information content (AvgIpc) is 2.84. The van der Waals surface area contributed by atoms with Crippen molar-refractivity contribution in [1.29, 1.82) is 0 Å². The highest BCUT2D eigenvalue weighted by Crippen LogP contribution is 2.39. The fraction of sp³-hybridized carbons (Fsp3) is 0.500. The topological polar surface area (TPSA) is 112 Å². The molecule has 1 aliphatic rings. The van der Waals surface area contributed by atoms with Crippen LogP contribution in [-0.4, -0.2) is 54.3 Å². The van der Waals surface area contributed by atoms with Crippen LogP contribution >= 0.6 is 0 Å². The largest absolute Gasteiger partial charge is 0.416 e. The molecule has 1 aliphatic heterocycles. The van der Waals surface area contributed by atoms with Crippen molar-refractivity contribution in [3.8, 4) is 0 Å². The van der Waals surface area contributed by atoms with E-state index in [0.717, 1.165) is 12.1 Å². The molecule has 1 aromatic rings. The number of alkyl halides is 3. The van der Waals surface area contributed by atoms with Crippen LogP contribution in [0.3, 0.4) is 0 Å². The summed E-state index contributed by atoms with van der Waals surface area (Å²) in [6.07, 6.45) is -1.98. The first-order valence-corrected chi connectivity index (χ1v) is 12.3. The molecule has 1 heterocycles. The molecule has 1 aromatic carbocycles. The van der Waals surface area contributed by atoms with Gasteiger partial charge in [-0.25, -0.2) is 0 Å². The fourth-order valence-electron chi connectivity index (χ4n) is 3.30. The van der Waals surface area contributed by atoms with Crippen molar-refractivity contribution >= 4 is 37.2 Å². The molecule has 0 aromatic heterocycles. The molecule has 0 amide bonds. The molecule has 0 atom stereocenters. The molecular weight excluding hydrogens is 447 g/mol. The number of nitrogens with zero attached hydrogens (tertiary/aromatic N) is 1. The molecule has 0 unspecified atom stereocenters. The Morgan fingerprint density at radius 3 is 2.17 bits per heavy atom. The summed E-state index contributed by atoms with van der Waals surface area (Å²) in [5.41, 5.74) is 1.26. The highest BCUT2D eigenvalue weighted by molar-refractivity contribution is 7.86. The van der Waals surface area contributed by atoms with E-state index in [9.17, 15) is 30.0 Å². The lowest BCUT2D eigenvalue weighted by molar-refractivity contribution is -0.437. The van der Waals surface area contributed by atoms with Crippen molar-refractivity contribution < 1.29 is 43.7 Å². The van der Waals surface area contributed by atoms with Crippen molar-refractivity contribution in [2.24, 2.45) is 0 Å². The fourth-order valence-corrected chi connectivity index (χ4v) is 4.40. The average molecular weight is 471 g/mol. The second kappa shape index (κ2) is 9.16.